The molecule has 0 saturated heterocycles. The van der Waals surface area contributed by atoms with Gasteiger partial charge in [0.2, 0.25) is 0 Å². The molecule has 1 aromatic carbocycles. The average Bonchev–Trinajstić information content (AvgIpc) is 2.29. The van der Waals surface area contributed by atoms with Gasteiger partial charge in [0.1, 0.15) is 5.75 Å². The first kappa shape index (κ1) is 15.2. The summed E-state index contributed by atoms with van der Waals surface area (Å²) in [6, 6.07) is 4.94. The van der Waals surface area contributed by atoms with Crippen molar-refractivity contribution in [2.24, 2.45) is 11.8 Å². The Bertz CT molecular complexity index is 573. The largest absolute Gasteiger partial charge is 0.488 e. The van der Waals surface area contributed by atoms with Crippen LogP contribution >= 0.6 is 0 Å². The van der Waals surface area contributed by atoms with Gasteiger partial charge in [-0.1, -0.05) is 19.9 Å². The molecule has 112 valence electrons. The zero-order valence-electron chi connectivity index (χ0n) is 12.3. The summed E-state index contributed by atoms with van der Waals surface area (Å²) in [6.07, 6.45) is 4.48. The van der Waals surface area contributed by atoms with Crippen LogP contribution in [0.1, 0.15) is 33.1 Å². The number of ether oxygens (including phenoxy) is 1. The number of hydrogen-bond donors (Lipinski definition) is 1. The minimum Gasteiger partial charge on any atom is -0.488 e. The van der Waals surface area contributed by atoms with E-state index in [1.54, 1.807) is 12.1 Å². The highest BCUT2D eigenvalue weighted by Crippen LogP contribution is 2.35. The van der Waals surface area contributed by atoms with Crippen molar-refractivity contribution in [2.45, 2.75) is 44.1 Å². The standard InChI is InChI=1S/C15H23NO3S/c1-10-7-11(2)9-12(8-10)19-13-5-4-6-14(15(13)16)20(3,17)18/h4-6,10-12H,7-9,16H2,1-3H3. The van der Waals surface area contributed by atoms with Gasteiger partial charge in [-0.2, -0.15) is 0 Å². The molecular weight excluding hydrogens is 274 g/mol. The minimum atomic E-state index is -3.32. The predicted octanol–water partition coefficient (Wildman–Crippen LogP) is 2.88. The Balaban J connectivity index is 2.22. The maximum Gasteiger partial charge on any atom is 0.177 e. The summed E-state index contributed by atoms with van der Waals surface area (Å²) < 4.78 is 29.3. The Morgan fingerprint density at radius 3 is 2.30 bits per heavy atom. The van der Waals surface area contributed by atoms with Crippen molar-refractivity contribution in [3.8, 4) is 5.75 Å². The molecule has 0 heterocycles. The molecule has 0 amide bonds. The molecule has 1 fully saturated rings. The first-order valence-corrected chi connectivity index (χ1v) is 8.91. The predicted molar refractivity (Wildman–Crippen MR) is 80.6 cm³/mol. The van der Waals surface area contributed by atoms with E-state index in [1.165, 1.54) is 12.5 Å². The van der Waals surface area contributed by atoms with E-state index in [9.17, 15) is 8.42 Å². The van der Waals surface area contributed by atoms with Crippen LogP contribution in [0.15, 0.2) is 23.1 Å². The molecule has 1 aromatic rings. The number of benzene rings is 1. The summed E-state index contributed by atoms with van der Waals surface area (Å²) in [5, 5.41) is 0. The molecule has 5 heteroatoms. The second kappa shape index (κ2) is 5.64. The van der Waals surface area contributed by atoms with Gasteiger partial charge < -0.3 is 10.5 Å². The molecule has 1 aliphatic rings. The molecule has 0 aromatic heterocycles. The fourth-order valence-corrected chi connectivity index (χ4v) is 3.92. The first-order chi connectivity index (χ1) is 9.27. The van der Waals surface area contributed by atoms with Crippen molar-refractivity contribution in [3.05, 3.63) is 18.2 Å². The number of rotatable bonds is 3. The third kappa shape index (κ3) is 3.45. The van der Waals surface area contributed by atoms with Crippen LogP contribution in [0.2, 0.25) is 0 Å². The van der Waals surface area contributed by atoms with Crippen LogP contribution in [-0.4, -0.2) is 20.8 Å². The van der Waals surface area contributed by atoms with Crippen molar-refractivity contribution < 1.29 is 13.2 Å². The Labute approximate surface area is 121 Å². The van der Waals surface area contributed by atoms with Gasteiger partial charge >= 0.3 is 0 Å². The first-order valence-electron chi connectivity index (χ1n) is 7.02. The van der Waals surface area contributed by atoms with Crippen molar-refractivity contribution in [1.82, 2.24) is 0 Å². The van der Waals surface area contributed by atoms with Crippen LogP contribution in [-0.2, 0) is 9.84 Å². The van der Waals surface area contributed by atoms with Crippen molar-refractivity contribution >= 4 is 15.5 Å². The number of nitrogens with two attached hydrogens (primary N) is 1. The number of sulfone groups is 1. The molecule has 4 nitrogen and oxygen atoms in total. The maximum atomic E-state index is 11.7. The molecular formula is C15H23NO3S. The monoisotopic (exact) mass is 297 g/mol. The van der Waals surface area contributed by atoms with Crippen LogP contribution in [0.25, 0.3) is 0 Å². The normalized spacial score (nSPS) is 27.2. The van der Waals surface area contributed by atoms with E-state index in [-0.39, 0.29) is 16.7 Å². The van der Waals surface area contributed by atoms with E-state index >= 15 is 0 Å². The Morgan fingerprint density at radius 2 is 1.75 bits per heavy atom. The van der Waals surface area contributed by atoms with Gasteiger partial charge in [-0.15, -0.1) is 0 Å². The van der Waals surface area contributed by atoms with Gasteiger partial charge in [0, 0.05) is 6.26 Å². The summed E-state index contributed by atoms with van der Waals surface area (Å²) in [6.45, 7) is 4.45. The van der Waals surface area contributed by atoms with Gasteiger partial charge in [-0.05, 0) is 43.2 Å². The van der Waals surface area contributed by atoms with Crippen LogP contribution in [0.4, 0.5) is 5.69 Å². The molecule has 2 unspecified atom stereocenters. The Kier molecular flexibility index (Phi) is 4.28. The summed E-state index contributed by atoms with van der Waals surface area (Å²) >= 11 is 0. The Hall–Kier alpha value is -1.23. The van der Waals surface area contributed by atoms with Gasteiger partial charge in [0.05, 0.1) is 16.7 Å². The second-order valence-electron chi connectivity index (χ2n) is 6.10. The molecule has 0 aliphatic heterocycles. The molecule has 2 atom stereocenters. The van der Waals surface area contributed by atoms with E-state index in [1.807, 2.05) is 0 Å². The van der Waals surface area contributed by atoms with E-state index in [0.717, 1.165) is 19.1 Å². The lowest BCUT2D eigenvalue weighted by atomic mass is 9.82. The third-order valence-corrected chi connectivity index (χ3v) is 5.01. The highest BCUT2D eigenvalue weighted by atomic mass is 32.2. The molecule has 20 heavy (non-hydrogen) atoms. The van der Waals surface area contributed by atoms with Crippen molar-refractivity contribution in [3.63, 3.8) is 0 Å². The summed E-state index contributed by atoms with van der Waals surface area (Å²) in [7, 11) is -3.32. The van der Waals surface area contributed by atoms with E-state index in [2.05, 4.69) is 13.8 Å². The van der Waals surface area contributed by atoms with Gasteiger partial charge in [-0.25, -0.2) is 8.42 Å². The highest BCUT2D eigenvalue weighted by molar-refractivity contribution is 7.90. The SMILES string of the molecule is CC1CC(C)CC(Oc2cccc(S(C)(=O)=O)c2N)C1. The van der Waals surface area contributed by atoms with Crippen molar-refractivity contribution in [2.75, 3.05) is 12.0 Å². The fourth-order valence-electron chi connectivity index (χ4n) is 3.10. The summed E-state index contributed by atoms with van der Waals surface area (Å²) in [5.41, 5.74) is 6.17. The van der Waals surface area contributed by atoms with Gasteiger partial charge in [0.15, 0.2) is 9.84 Å². The molecule has 0 bridgehead atoms. The third-order valence-electron chi connectivity index (χ3n) is 3.85. The quantitative estimate of drug-likeness (QED) is 0.871. The van der Waals surface area contributed by atoms with Crippen LogP contribution in [0.5, 0.6) is 5.75 Å². The number of anilines is 1. The van der Waals surface area contributed by atoms with Crippen LogP contribution < -0.4 is 10.5 Å². The lowest BCUT2D eigenvalue weighted by molar-refractivity contribution is 0.102. The fraction of sp³-hybridized carbons (Fsp3) is 0.600. The number of nitrogen functional groups attached to an aromatic ring is 1. The minimum absolute atomic E-state index is 0.117. The molecule has 0 spiro atoms. The summed E-state index contributed by atoms with van der Waals surface area (Å²) in [4.78, 5) is 0.145. The molecule has 0 radical (unpaired) electrons. The zero-order valence-corrected chi connectivity index (χ0v) is 13.1. The molecule has 1 saturated carbocycles. The van der Waals surface area contributed by atoms with E-state index in [0.29, 0.717) is 17.6 Å². The summed E-state index contributed by atoms with van der Waals surface area (Å²) in [5.74, 6) is 1.74. The number of para-hydroxylation sites is 1. The second-order valence-corrected chi connectivity index (χ2v) is 8.08. The molecule has 2 N–H and O–H groups in total. The topological polar surface area (TPSA) is 69.4 Å². The van der Waals surface area contributed by atoms with Crippen molar-refractivity contribution in [1.29, 1.82) is 0 Å². The smallest absolute Gasteiger partial charge is 0.177 e. The molecule has 2 rings (SSSR count). The highest BCUT2D eigenvalue weighted by Gasteiger charge is 2.26. The van der Waals surface area contributed by atoms with Crippen LogP contribution in [0.3, 0.4) is 0 Å². The van der Waals surface area contributed by atoms with E-state index in [4.69, 9.17) is 10.5 Å². The van der Waals surface area contributed by atoms with Gasteiger partial charge in [0.25, 0.3) is 0 Å². The average molecular weight is 297 g/mol. The lowest BCUT2D eigenvalue weighted by Gasteiger charge is -2.32. The Morgan fingerprint density at radius 1 is 1.15 bits per heavy atom. The van der Waals surface area contributed by atoms with Gasteiger partial charge in [-0.3, -0.25) is 0 Å². The van der Waals surface area contributed by atoms with Crippen LogP contribution in [0, 0.1) is 11.8 Å². The lowest BCUT2D eigenvalue weighted by Crippen LogP contribution is -2.28. The maximum absolute atomic E-state index is 11.7. The zero-order chi connectivity index (χ0) is 14.9. The molecule has 1 aliphatic carbocycles. The number of hydrogen-bond acceptors (Lipinski definition) is 4. The van der Waals surface area contributed by atoms with E-state index < -0.39 is 9.84 Å².